The number of fused-ring (bicyclic) bond motifs is 1. The van der Waals surface area contributed by atoms with Gasteiger partial charge in [0.1, 0.15) is 17.0 Å². The van der Waals surface area contributed by atoms with Gasteiger partial charge in [-0.2, -0.15) is 0 Å². The van der Waals surface area contributed by atoms with E-state index in [1.807, 2.05) is 0 Å². The number of hydrogen-bond donors (Lipinski definition) is 1. The maximum atomic E-state index is 12.3. The van der Waals surface area contributed by atoms with Crippen LogP contribution >= 0.6 is 0 Å². The number of carbonyl (C=O) groups is 1. The van der Waals surface area contributed by atoms with E-state index in [1.54, 1.807) is 18.2 Å². The Morgan fingerprint density at radius 1 is 1.12 bits per heavy atom. The Labute approximate surface area is 138 Å². The van der Waals surface area contributed by atoms with E-state index in [0.29, 0.717) is 5.65 Å². The van der Waals surface area contributed by atoms with E-state index in [4.69, 9.17) is 0 Å². The van der Waals surface area contributed by atoms with E-state index in [2.05, 4.69) is 15.0 Å². The zero-order valence-corrected chi connectivity index (χ0v) is 12.4. The molecule has 0 unspecified atom stereocenters. The van der Waals surface area contributed by atoms with Gasteiger partial charge in [-0.1, -0.05) is 6.07 Å². The zero-order valence-electron chi connectivity index (χ0n) is 12.4. The number of aromatic nitrogens is 2. The molecule has 0 atom stereocenters. The molecule has 1 amide bonds. The number of alkyl halides is 3. The van der Waals surface area contributed by atoms with Gasteiger partial charge < -0.3 is 10.1 Å². The van der Waals surface area contributed by atoms with Crippen LogP contribution in [0.25, 0.3) is 5.65 Å². The van der Waals surface area contributed by atoms with Crippen LogP contribution in [0.3, 0.4) is 0 Å². The first-order chi connectivity index (χ1) is 11.8. The molecule has 2 aromatic heterocycles. The third-order valence-corrected chi connectivity index (χ3v) is 3.20. The largest absolute Gasteiger partial charge is 0.573 e. The second-order valence-corrected chi connectivity index (χ2v) is 4.93. The number of benzene rings is 1. The Hall–Kier alpha value is -3.36. The summed E-state index contributed by atoms with van der Waals surface area (Å²) in [7, 11) is 0. The van der Waals surface area contributed by atoms with Crippen LogP contribution in [0.15, 0.2) is 59.7 Å². The first-order valence-electron chi connectivity index (χ1n) is 6.97. The lowest BCUT2D eigenvalue weighted by Crippen LogP contribution is -2.26. The Morgan fingerprint density at radius 3 is 2.52 bits per heavy atom. The molecule has 9 heteroatoms. The fourth-order valence-electron chi connectivity index (χ4n) is 2.12. The van der Waals surface area contributed by atoms with Crippen LogP contribution in [0.1, 0.15) is 10.4 Å². The molecule has 1 N–H and O–H groups in total. The van der Waals surface area contributed by atoms with Gasteiger partial charge in [-0.25, -0.2) is 4.98 Å². The molecule has 0 saturated carbocycles. The number of amides is 1. The summed E-state index contributed by atoms with van der Waals surface area (Å²) in [5, 5.41) is 2.42. The smallest absolute Gasteiger partial charge is 0.406 e. The lowest BCUT2D eigenvalue weighted by Gasteiger charge is -2.10. The van der Waals surface area contributed by atoms with Gasteiger partial charge in [-0.3, -0.25) is 14.0 Å². The highest BCUT2D eigenvalue weighted by Crippen LogP contribution is 2.24. The van der Waals surface area contributed by atoms with Crippen LogP contribution < -0.4 is 15.6 Å². The van der Waals surface area contributed by atoms with E-state index in [-0.39, 0.29) is 11.3 Å². The summed E-state index contributed by atoms with van der Waals surface area (Å²) in [4.78, 5) is 28.5. The third-order valence-electron chi connectivity index (χ3n) is 3.20. The average Bonchev–Trinajstić information content (AvgIpc) is 2.56. The highest BCUT2D eigenvalue weighted by atomic mass is 19.4. The number of rotatable bonds is 3. The van der Waals surface area contributed by atoms with Gasteiger partial charge in [0.15, 0.2) is 0 Å². The Bertz CT molecular complexity index is 982. The van der Waals surface area contributed by atoms with E-state index in [9.17, 15) is 22.8 Å². The summed E-state index contributed by atoms with van der Waals surface area (Å²) in [5.41, 5.74) is -0.158. The van der Waals surface area contributed by atoms with Crippen LogP contribution in [0.2, 0.25) is 0 Å². The van der Waals surface area contributed by atoms with Crippen molar-refractivity contribution >= 4 is 17.2 Å². The minimum atomic E-state index is -4.80. The van der Waals surface area contributed by atoms with E-state index < -0.39 is 23.6 Å². The summed E-state index contributed by atoms with van der Waals surface area (Å²) < 4.78 is 41.3. The fourth-order valence-corrected chi connectivity index (χ4v) is 2.12. The predicted octanol–water partition coefficient (Wildman–Crippen LogP) is 2.85. The van der Waals surface area contributed by atoms with Gasteiger partial charge in [-0.05, 0) is 36.4 Å². The van der Waals surface area contributed by atoms with Gasteiger partial charge in [0.25, 0.3) is 11.5 Å². The number of halogens is 3. The van der Waals surface area contributed by atoms with Gasteiger partial charge in [0, 0.05) is 18.1 Å². The SMILES string of the molecule is O=C(Nc1ccc(OC(F)(F)F)cc1)c1cnc2ccccn2c1=O. The van der Waals surface area contributed by atoms with E-state index in [0.717, 1.165) is 18.3 Å². The lowest BCUT2D eigenvalue weighted by molar-refractivity contribution is -0.274. The number of carbonyl (C=O) groups excluding carboxylic acids is 1. The molecular weight excluding hydrogens is 339 g/mol. The highest BCUT2D eigenvalue weighted by molar-refractivity contribution is 6.03. The lowest BCUT2D eigenvalue weighted by atomic mass is 10.2. The number of ether oxygens (including phenoxy) is 1. The standard InChI is InChI=1S/C16H10F3N3O3/c17-16(18,19)25-11-6-4-10(5-7-11)21-14(23)12-9-20-13-3-1-2-8-22(13)15(12)24/h1-9H,(H,21,23). The van der Waals surface area contributed by atoms with Crippen molar-refractivity contribution in [3.63, 3.8) is 0 Å². The summed E-state index contributed by atoms with van der Waals surface area (Å²) in [6.45, 7) is 0. The van der Waals surface area contributed by atoms with Crippen LogP contribution in [-0.2, 0) is 0 Å². The number of nitrogens with one attached hydrogen (secondary N) is 1. The van der Waals surface area contributed by atoms with Gasteiger partial charge >= 0.3 is 6.36 Å². The van der Waals surface area contributed by atoms with E-state index in [1.165, 1.54) is 22.7 Å². The highest BCUT2D eigenvalue weighted by Gasteiger charge is 2.31. The number of pyridine rings is 1. The van der Waals surface area contributed by atoms with Crippen LogP contribution in [0, 0.1) is 0 Å². The third kappa shape index (κ3) is 3.77. The van der Waals surface area contributed by atoms with Crippen molar-refractivity contribution in [3.05, 3.63) is 70.8 Å². The summed E-state index contributed by atoms with van der Waals surface area (Å²) in [5.74, 6) is -1.14. The average molecular weight is 349 g/mol. The molecule has 0 aliphatic heterocycles. The minimum Gasteiger partial charge on any atom is -0.406 e. The molecule has 0 spiro atoms. The summed E-state index contributed by atoms with van der Waals surface area (Å²) in [6.07, 6.45) is -2.17. The Morgan fingerprint density at radius 2 is 1.84 bits per heavy atom. The molecular formula is C16H10F3N3O3. The van der Waals surface area contributed by atoms with Crippen LogP contribution in [0.4, 0.5) is 18.9 Å². The molecule has 0 radical (unpaired) electrons. The zero-order chi connectivity index (χ0) is 18.0. The molecule has 25 heavy (non-hydrogen) atoms. The number of nitrogens with zero attached hydrogens (tertiary/aromatic N) is 2. The van der Waals surface area contributed by atoms with Crippen molar-refractivity contribution in [1.29, 1.82) is 0 Å². The van der Waals surface area contributed by atoms with Gasteiger partial charge in [-0.15, -0.1) is 13.2 Å². The molecule has 2 heterocycles. The van der Waals surface area contributed by atoms with Crippen molar-refractivity contribution in [3.8, 4) is 5.75 Å². The monoisotopic (exact) mass is 349 g/mol. The molecule has 3 rings (SSSR count). The quantitative estimate of drug-likeness (QED) is 0.789. The second kappa shape index (κ2) is 6.27. The van der Waals surface area contributed by atoms with Crippen molar-refractivity contribution < 1.29 is 22.7 Å². The van der Waals surface area contributed by atoms with Crippen LogP contribution in [0.5, 0.6) is 5.75 Å². The molecule has 0 aliphatic rings. The first kappa shape index (κ1) is 16.5. The molecule has 1 aromatic carbocycles. The summed E-state index contributed by atoms with van der Waals surface area (Å²) in [6, 6.07) is 9.49. The molecule has 0 saturated heterocycles. The molecule has 6 nitrogen and oxygen atoms in total. The maximum absolute atomic E-state index is 12.3. The fraction of sp³-hybridized carbons (Fsp3) is 0.0625. The van der Waals surface area contributed by atoms with Gasteiger partial charge in [0.2, 0.25) is 0 Å². The molecule has 3 aromatic rings. The normalized spacial score (nSPS) is 11.3. The molecule has 128 valence electrons. The van der Waals surface area contributed by atoms with E-state index >= 15 is 0 Å². The van der Waals surface area contributed by atoms with Crippen molar-refractivity contribution in [1.82, 2.24) is 9.38 Å². The molecule has 0 aliphatic carbocycles. The van der Waals surface area contributed by atoms with Crippen molar-refractivity contribution in [2.45, 2.75) is 6.36 Å². The van der Waals surface area contributed by atoms with Crippen molar-refractivity contribution in [2.24, 2.45) is 0 Å². The summed E-state index contributed by atoms with van der Waals surface area (Å²) >= 11 is 0. The molecule has 0 fully saturated rings. The number of hydrogen-bond acceptors (Lipinski definition) is 4. The first-order valence-corrected chi connectivity index (χ1v) is 6.97. The Balaban J connectivity index is 1.81. The minimum absolute atomic E-state index is 0.195. The molecule has 0 bridgehead atoms. The van der Waals surface area contributed by atoms with Crippen molar-refractivity contribution in [2.75, 3.05) is 5.32 Å². The van der Waals surface area contributed by atoms with Crippen LogP contribution in [-0.4, -0.2) is 21.7 Å². The maximum Gasteiger partial charge on any atom is 0.573 e. The second-order valence-electron chi connectivity index (χ2n) is 4.93. The predicted molar refractivity (Wildman–Crippen MR) is 82.5 cm³/mol. The number of anilines is 1. The Kier molecular flexibility index (Phi) is 4.14. The topological polar surface area (TPSA) is 72.7 Å². The van der Waals surface area contributed by atoms with Gasteiger partial charge in [0.05, 0.1) is 0 Å².